The molecule has 0 radical (unpaired) electrons. The number of hydrogen-bond acceptors (Lipinski definition) is 2. The monoisotopic (exact) mass is 256 g/mol. The Labute approximate surface area is 109 Å². The van der Waals surface area contributed by atoms with Gasteiger partial charge in [0.25, 0.3) is 0 Å². The van der Waals surface area contributed by atoms with Gasteiger partial charge in [0.05, 0.1) is 0 Å². The molecule has 0 aromatic carbocycles. The molecule has 0 aromatic rings. The van der Waals surface area contributed by atoms with E-state index in [0.717, 1.165) is 6.42 Å². The van der Waals surface area contributed by atoms with Gasteiger partial charge in [0.1, 0.15) is 5.54 Å². The van der Waals surface area contributed by atoms with Crippen LogP contribution in [-0.4, -0.2) is 52.1 Å². The van der Waals surface area contributed by atoms with Crippen LogP contribution in [0, 0.1) is 5.92 Å². The summed E-state index contributed by atoms with van der Waals surface area (Å²) in [7, 11) is 0. The summed E-state index contributed by atoms with van der Waals surface area (Å²) in [5.41, 5.74) is -1.04. The number of nitrogens with zero attached hydrogens (tertiary/aromatic N) is 2. The topological polar surface area (TPSA) is 60.9 Å². The van der Waals surface area contributed by atoms with Gasteiger partial charge in [-0.15, -0.1) is 0 Å². The smallest absolute Gasteiger partial charge is 0.329 e. The lowest BCUT2D eigenvalue weighted by Gasteiger charge is -2.36. The average Bonchev–Trinajstić information content (AvgIpc) is 2.68. The first-order valence-electron chi connectivity index (χ1n) is 6.62. The van der Waals surface area contributed by atoms with Gasteiger partial charge in [0.2, 0.25) is 0 Å². The van der Waals surface area contributed by atoms with Crippen LogP contribution in [0.3, 0.4) is 0 Å². The van der Waals surface area contributed by atoms with Crippen LogP contribution < -0.4 is 0 Å². The maximum atomic E-state index is 12.4. The summed E-state index contributed by atoms with van der Waals surface area (Å²) in [6.45, 7) is 9.49. The van der Waals surface area contributed by atoms with E-state index in [1.807, 2.05) is 6.92 Å². The highest BCUT2D eigenvalue weighted by Gasteiger charge is 2.46. The maximum Gasteiger partial charge on any atom is 0.329 e. The Morgan fingerprint density at radius 2 is 2.06 bits per heavy atom. The number of carboxylic acids is 1. The second-order valence-electron chi connectivity index (χ2n) is 5.55. The SMILES string of the molecule is CCN(CC(C)C)C(=O)N1CCCC1(C)C(=O)O. The van der Waals surface area contributed by atoms with E-state index >= 15 is 0 Å². The minimum atomic E-state index is -1.04. The van der Waals surface area contributed by atoms with E-state index in [1.54, 1.807) is 11.8 Å². The molecule has 18 heavy (non-hydrogen) atoms. The van der Waals surface area contributed by atoms with Crippen molar-refractivity contribution >= 4 is 12.0 Å². The van der Waals surface area contributed by atoms with Crippen LogP contribution in [0.2, 0.25) is 0 Å². The molecule has 0 aromatic heterocycles. The molecular formula is C13H24N2O3. The zero-order valence-corrected chi connectivity index (χ0v) is 11.8. The first-order valence-corrected chi connectivity index (χ1v) is 6.62. The third-order valence-electron chi connectivity index (χ3n) is 3.57. The van der Waals surface area contributed by atoms with E-state index in [-0.39, 0.29) is 6.03 Å². The van der Waals surface area contributed by atoms with Gasteiger partial charge in [-0.25, -0.2) is 9.59 Å². The number of hydrogen-bond donors (Lipinski definition) is 1. The van der Waals surface area contributed by atoms with E-state index in [4.69, 9.17) is 0 Å². The molecule has 2 amide bonds. The molecule has 1 fully saturated rings. The Hall–Kier alpha value is -1.26. The van der Waals surface area contributed by atoms with Crippen LogP contribution in [0.15, 0.2) is 0 Å². The number of amides is 2. The van der Waals surface area contributed by atoms with E-state index in [1.165, 1.54) is 4.90 Å². The highest BCUT2D eigenvalue weighted by molar-refractivity contribution is 5.86. The summed E-state index contributed by atoms with van der Waals surface area (Å²) < 4.78 is 0. The molecule has 1 unspecified atom stereocenters. The largest absolute Gasteiger partial charge is 0.480 e. The Bertz CT molecular complexity index is 330. The number of urea groups is 1. The van der Waals surface area contributed by atoms with Gasteiger partial charge >= 0.3 is 12.0 Å². The normalized spacial score (nSPS) is 23.5. The Balaban J connectivity index is 2.85. The molecule has 5 heteroatoms. The summed E-state index contributed by atoms with van der Waals surface area (Å²) >= 11 is 0. The third-order valence-corrected chi connectivity index (χ3v) is 3.57. The molecule has 1 heterocycles. The Kier molecular flexibility index (Phi) is 4.59. The second-order valence-corrected chi connectivity index (χ2v) is 5.55. The van der Waals surface area contributed by atoms with E-state index in [9.17, 15) is 14.7 Å². The van der Waals surface area contributed by atoms with E-state index in [0.29, 0.717) is 32.0 Å². The van der Waals surface area contributed by atoms with Crippen LogP contribution in [0.25, 0.3) is 0 Å². The number of aliphatic carboxylic acids is 1. The molecular weight excluding hydrogens is 232 g/mol. The van der Waals surface area contributed by atoms with Crippen LogP contribution in [0.5, 0.6) is 0 Å². The predicted octanol–water partition coefficient (Wildman–Crippen LogP) is 2.02. The summed E-state index contributed by atoms with van der Waals surface area (Å²) in [6.07, 6.45) is 1.29. The summed E-state index contributed by atoms with van der Waals surface area (Å²) in [5, 5.41) is 9.32. The van der Waals surface area contributed by atoms with Crippen molar-refractivity contribution in [1.29, 1.82) is 0 Å². The molecule has 1 aliphatic heterocycles. The number of carbonyl (C=O) groups excluding carboxylic acids is 1. The van der Waals surface area contributed by atoms with Gasteiger partial charge in [-0.05, 0) is 32.6 Å². The number of likely N-dealkylation sites (tertiary alicyclic amines) is 1. The summed E-state index contributed by atoms with van der Waals surface area (Å²) in [5.74, 6) is -0.526. The zero-order chi connectivity index (χ0) is 13.9. The first kappa shape index (κ1) is 14.8. The highest BCUT2D eigenvalue weighted by atomic mass is 16.4. The van der Waals surface area contributed by atoms with Crippen molar-refractivity contribution in [2.45, 2.75) is 46.1 Å². The predicted molar refractivity (Wildman–Crippen MR) is 69.5 cm³/mol. The molecule has 0 bridgehead atoms. The van der Waals surface area contributed by atoms with Crippen molar-refractivity contribution in [3.05, 3.63) is 0 Å². The molecule has 5 nitrogen and oxygen atoms in total. The van der Waals surface area contributed by atoms with Gasteiger partial charge in [0.15, 0.2) is 0 Å². The van der Waals surface area contributed by atoms with E-state index < -0.39 is 11.5 Å². The molecule has 0 aliphatic carbocycles. The van der Waals surface area contributed by atoms with Gasteiger partial charge in [-0.2, -0.15) is 0 Å². The fourth-order valence-electron chi connectivity index (χ4n) is 2.45. The minimum Gasteiger partial charge on any atom is -0.480 e. The van der Waals surface area contributed by atoms with Crippen molar-refractivity contribution in [3.8, 4) is 0 Å². The Morgan fingerprint density at radius 3 is 2.50 bits per heavy atom. The van der Waals surface area contributed by atoms with Crippen molar-refractivity contribution in [3.63, 3.8) is 0 Å². The third kappa shape index (κ3) is 2.76. The number of rotatable bonds is 4. The number of carbonyl (C=O) groups is 2. The molecule has 104 valence electrons. The van der Waals surface area contributed by atoms with Crippen LogP contribution >= 0.6 is 0 Å². The average molecular weight is 256 g/mol. The standard InChI is InChI=1S/C13H24N2O3/c1-5-14(9-10(2)3)12(18)15-8-6-7-13(15,4)11(16)17/h10H,5-9H2,1-4H3,(H,16,17). The lowest BCUT2D eigenvalue weighted by molar-refractivity contribution is -0.147. The van der Waals surface area contributed by atoms with E-state index in [2.05, 4.69) is 13.8 Å². The maximum absolute atomic E-state index is 12.4. The molecule has 1 saturated heterocycles. The molecule has 0 spiro atoms. The molecule has 1 aliphatic rings. The summed E-state index contributed by atoms with van der Waals surface area (Å²) in [6, 6.07) is -0.145. The quantitative estimate of drug-likeness (QED) is 0.837. The van der Waals surface area contributed by atoms with Crippen molar-refractivity contribution in [1.82, 2.24) is 9.80 Å². The molecule has 0 saturated carbocycles. The van der Waals surface area contributed by atoms with Crippen molar-refractivity contribution in [2.24, 2.45) is 5.92 Å². The highest BCUT2D eigenvalue weighted by Crippen LogP contribution is 2.30. The van der Waals surface area contributed by atoms with Gasteiger partial charge in [-0.1, -0.05) is 13.8 Å². The molecule has 1 N–H and O–H groups in total. The van der Waals surface area contributed by atoms with Gasteiger partial charge in [-0.3, -0.25) is 0 Å². The minimum absolute atomic E-state index is 0.145. The lowest BCUT2D eigenvalue weighted by Crippen LogP contribution is -2.55. The van der Waals surface area contributed by atoms with Crippen LogP contribution in [-0.2, 0) is 4.79 Å². The summed E-state index contributed by atoms with van der Waals surface area (Å²) in [4.78, 5) is 27.0. The van der Waals surface area contributed by atoms with Crippen LogP contribution in [0.4, 0.5) is 4.79 Å². The second kappa shape index (κ2) is 5.59. The number of carboxylic acid groups (broad SMARTS) is 1. The zero-order valence-electron chi connectivity index (χ0n) is 11.8. The molecule has 1 rings (SSSR count). The van der Waals surface area contributed by atoms with Crippen LogP contribution in [0.1, 0.15) is 40.5 Å². The van der Waals surface area contributed by atoms with Gasteiger partial charge in [0, 0.05) is 19.6 Å². The fraction of sp³-hybridized carbons (Fsp3) is 0.846. The lowest BCUT2D eigenvalue weighted by atomic mass is 9.99. The first-order chi connectivity index (χ1) is 8.32. The fourth-order valence-corrected chi connectivity index (χ4v) is 2.45. The Morgan fingerprint density at radius 1 is 1.44 bits per heavy atom. The molecule has 1 atom stereocenters. The van der Waals surface area contributed by atoms with Crippen molar-refractivity contribution < 1.29 is 14.7 Å². The van der Waals surface area contributed by atoms with Gasteiger partial charge < -0.3 is 14.9 Å². The van der Waals surface area contributed by atoms with Crippen molar-refractivity contribution in [2.75, 3.05) is 19.6 Å².